The van der Waals surface area contributed by atoms with Crippen molar-refractivity contribution in [3.05, 3.63) is 16.8 Å². The summed E-state index contributed by atoms with van der Waals surface area (Å²) in [5.41, 5.74) is 1.26. The van der Waals surface area contributed by atoms with Crippen LogP contribution in [0.5, 0.6) is 0 Å². The van der Waals surface area contributed by atoms with Crippen LogP contribution in [0, 0.1) is 13.8 Å². The summed E-state index contributed by atoms with van der Waals surface area (Å²) < 4.78 is 0. The third-order valence-electron chi connectivity index (χ3n) is 3.68. The predicted octanol–water partition coefficient (Wildman–Crippen LogP) is 3.91. The van der Waals surface area contributed by atoms with Gasteiger partial charge < -0.3 is 0 Å². The largest absolute Gasteiger partial charge is 0.298 e. The monoisotopic (exact) mass is 292 g/mol. The van der Waals surface area contributed by atoms with Gasteiger partial charge in [0.2, 0.25) is 0 Å². The molecule has 0 bridgehead atoms. The van der Waals surface area contributed by atoms with Crippen molar-refractivity contribution in [1.29, 1.82) is 0 Å². The quantitative estimate of drug-likeness (QED) is 0.787. The first-order chi connectivity index (χ1) is 9.16. The van der Waals surface area contributed by atoms with Crippen molar-refractivity contribution in [2.75, 3.05) is 0 Å². The van der Waals surface area contributed by atoms with Crippen molar-refractivity contribution in [3.63, 3.8) is 0 Å². The summed E-state index contributed by atoms with van der Waals surface area (Å²) in [6.07, 6.45) is 5.53. The molecule has 19 heavy (non-hydrogen) atoms. The van der Waals surface area contributed by atoms with Gasteiger partial charge >= 0.3 is 0 Å². The highest BCUT2D eigenvalue weighted by atomic mass is 32.2. The second-order valence-electron chi connectivity index (χ2n) is 4.96. The molecule has 0 spiro atoms. The summed E-state index contributed by atoms with van der Waals surface area (Å²) >= 11 is 3.34. The van der Waals surface area contributed by atoms with E-state index in [4.69, 9.17) is 0 Å². The molecule has 100 valence electrons. The van der Waals surface area contributed by atoms with Gasteiger partial charge in [-0.15, -0.1) is 11.3 Å². The average molecular weight is 292 g/mol. The molecule has 2 heterocycles. The molecule has 1 aliphatic rings. The van der Waals surface area contributed by atoms with Crippen LogP contribution < -0.4 is 0 Å². The number of hydrogen-bond acceptors (Lipinski definition) is 5. The molecule has 1 fully saturated rings. The molecule has 1 atom stereocenters. The Hall–Kier alpha value is -0.940. The number of thiophene rings is 1. The molecule has 0 amide bonds. The molecule has 1 saturated carbocycles. The molecule has 0 unspecified atom stereocenters. The standard InChI is InChI=1S/C14H16N2OS2/c1-8-9(2)18-13-12(8)14(16-7-15-13)19-11-6-4-3-5-10(11)17/h7,11H,3-6H2,1-2H3/t11-/m1/s1. The Bertz CT molecular complexity index is 636. The van der Waals surface area contributed by atoms with Crippen molar-refractivity contribution >= 4 is 39.1 Å². The van der Waals surface area contributed by atoms with Crippen molar-refractivity contribution in [1.82, 2.24) is 9.97 Å². The summed E-state index contributed by atoms with van der Waals surface area (Å²) in [6, 6.07) is 0. The lowest BCUT2D eigenvalue weighted by atomic mass is 9.99. The third-order valence-corrected chi connectivity index (χ3v) is 6.11. The molecular formula is C14H16N2OS2. The summed E-state index contributed by atoms with van der Waals surface area (Å²) in [5, 5.41) is 2.21. The number of carbonyl (C=O) groups is 1. The van der Waals surface area contributed by atoms with Crippen LogP contribution in [0.1, 0.15) is 36.1 Å². The van der Waals surface area contributed by atoms with Gasteiger partial charge in [0, 0.05) is 16.7 Å². The highest BCUT2D eigenvalue weighted by molar-refractivity contribution is 8.00. The number of thioether (sulfide) groups is 1. The summed E-state index contributed by atoms with van der Waals surface area (Å²) in [4.78, 5) is 23.0. The maximum absolute atomic E-state index is 12.0. The van der Waals surface area contributed by atoms with E-state index in [1.807, 2.05) is 0 Å². The van der Waals surface area contributed by atoms with E-state index in [0.29, 0.717) is 5.78 Å². The smallest absolute Gasteiger partial charge is 0.146 e. The van der Waals surface area contributed by atoms with Crippen LogP contribution >= 0.6 is 23.1 Å². The first kappa shape index (κ1) is 13.1. The molecule has 3 nitrogen and oxygen atoms in total. The molecule has 3 rings (SSSR count). The maximum Gasteiger partial charge on any atom is 0.146 e. The average Bonchev–Trinajstić information content (AvgIpc) is 2.69. The molecule has 5 heteroatoms. The van der Waals surface area contributed by atoms with Crippen LogP contribution in [0.2, 0.25) is 0 Å². The van der Waals surface area contributed by atoms with E-state index in [1.165, 1.54) is 10.4 Å². The minimum Gasteiger partial charge on any atom is -0.298 e. The summed E-state index contributed by atoms with van der Waals surface area (Å²) in [5.74, 6) is 0.382. The second kappa shape index (κ2) is 5.21. The molecule has 0 N–H and O–H groups in total. The van der Waals surface area contributed by atoms with Gasteiger partial charge in [0.25, 0.3) is 0 Å². The van der Waals surface area contributed by atoms with E-state index in [0.717, 1.165) is 40.9 Å². The summed E-state index contributed by atoms with van der Waals surface area (Å²) in [7, 11) is 0. The van der Waals surface area contributed by atoms with Crippen LogP contribution in [-0.2, 0) is 4.79 Å². The lowest BCUT2D eigenvalue weighted by Crippen LogP contribution is -2.21. The Morgan fingerprint density at radius 2 is 2.16 bits per heavy atom. The summed E-state index contributed by atoms with van der Waals surface area (Å²) in [6.45, 7) is 4.23. The lowest BCUT2D eigenvalue weighted by molar-refractivity contribution is -0.119. The fourth-order valence-corrected chi connectivity index (χ4v) is 4.79. The number of carbonyl (C=O) groups excluding carboxylic acids is 1. The highest BCUT2D eigenvalue weighted by Crippen LogP contribution is 2.38. The normalized spacial score (nSPS) is 20.1. The minimum atomic E-state index is 0.0893. The van der Waals surface area contributed by atoms with E-state index in [-0.39, 0.29) is 5.25 Å². The molecule has 0 saturated heterocycles. The second-order valence-corrected chi connectivity index (χ2v) is 7.36. The van der Waals surface area contributed by atoms with Crippen LogP contribution in [-0.4, -0.2) is 21.0 Å². The van der Waals surface area contributed by atoms with E-state index >= 15 is 0 Å². The predicted molar refractivity (Wildman–Crippen MR) is 80.0 cm³/mol. The van der Waals surface area contributed by atoms with Crippen LogP contribution in [0.25, 0.3) is 10.2 Å². The van der Waals surface area contributed by atoms with Gasteiger partial charge in [-0.3, -0.25) is 4.79 Å². The number of aryl methyl sites for hydroxylation is 2. The van der Waals surface area contributed by atoms with Gasteiger partial charge in [0.05, 0.1) is 5.25 Å². The first-order valence-corrected chi connectivity index (χ1v) is 8.26. The van der Waals surface area contributed by atoms with E-state index in [1.54, 1.807) is 29.4 Å². The SMILES string of the molecule is Cc1sc2ncnc(S[C@@H]3CCCCC3=O)c2c1C. The van der Waals surface area contributed by atoms with E-state index in [2.05, 4.69) is 23.8 Å². The Morgan fingerprint density at radius 3 is 2.95 bits per heavy atom. The van der Waals surface area contributed by atoms with Crippen LogP contribution in [0.3, 0.4) is 0 Å². The number of hydrogen-bond donors (Lipinski definition) is 0. The minimum absolute atomic E-state index is 0.0893. The topological polar surface area (TPSA) is 42.9 Å². The van der Waals surface area contributed by atoms with Crippen molar-refractivity contribution in [2.45, 2.75) is 49.8 Å². The van der Waals surface area contributed by atoms with Gasteiger partial charge in [0.15, 0.2) is 0 Å². The highest BCUT2D eigenvalue weighted by Gasteiger charge is 2.25. The van der Waals surface area contributed by atoms with Gasteiger partial charge in [-0.05, 0) is 32.3 Å². The van der Waals surface area contributed by atoms with Crippen molar-refractivity contribution < 1.29 is 4.79 Å². The fourth-order valence-electron chi connectivity index (χ4n) is 2.45. The maximum atomic E-state index is 12.0. The Kier molecular flexibility index (Phi) is 3.58. The number of aromatic nitrogens is 2. The fraction of sp³-hybridized carbons (Fsp3) is 0.500. The number of ketones is 1. The van der Waals surface area contributed by atoms with Crippen molar-refractivity contribution in [3.8, 4) is 0 Å². The third kappa shape index (κ3) is 2.41. The Balaban J connectivity index is 1.98. The molecule has 2 aromatic heterocycles. The molecule has 0 aliphatic heterocycles. The zero-order valence-electron chi connectivity index (χ0n) is 11.1. The van der Waals surface area contributed by atoms with Gasteiger partial charge in [0.1, 0.15) is 22.0 Å². The zero-order chi connectivity index (χ0) is 13.4. The first-order valence-electron chi connectivity index (χ1n) is 6.57. The van der Waals surface area contributed by atoms with E-state index < -0.39 is 0 Å². The molecule has 0 radical (unpaired) electrons. The molecule has 0 aromatic carbocycles. The number of fused-ring (bicyclic) bond motifs is 1. The van der Waals surface area contributed by atoms with Crippen LogP contribution in [0.15, 0.2) is 11.4 Å². The zero-order valence-corrected chi connectivity index (χ0v) is 12.7. The van der Waals surface area contributed by atoms with E-state index in [9.17, 15) is 4.79 Å². The Labute approximate surface area is 120 Å². The number of rotatable bonds is 2. The number of Topliss-reactive ketones (excluding diaryl/α,β-unsaturated/α-hetero) is 1. The Morgan fingerprint density at radius 1 is 1.32 bits per heavy atom. The molecular weight excluding hydrogens is 276 g/mol. The van der Waals surface area contributed by atoms with Gasteiger partial charge in [-0.25, -0.2) is 9.97 Å². The van der Waals surface area contributed by atoms with Crippen molar-refractivity contribution in [2.24, 2.45) is 0 Å². The number of nitrogens with zero attached hydrogens (tertiary/aromatic N) is 2. The van der Waals surface area contributed by atoms with Gasteiger partial charge in [-0.1, -0.05) is 18.2 Å². The molecule has 1 aliphatic carbocycles. The van der Waals surface area contributed by atoms with Gasteiger partial charge in [-0.2, -0.15) is 0 Å². The lowest BCUT2D eigenvalue weighted by Gasteiger charge is -2.19. The molecule has 2 aromatic rings. The van der Waals surface area contributed by atoms with Crippen LogP contribution in [0.4, 0.5) is 0 Å².